The average Bonchev–Trinajstić information content (AvgIpc) is 3.51. The third kappa shape index (κ3) is 4.38. The standard InChI is InChI=1S/C36H26N4O9/c41-29-14-13-24(22-9-1-2-10-23(22)29)30-25-11-12-26-31(35(44)37(33(26)42)18-5-3-7-20(15-18)39(46)47)27(25)17-28-32(30)36(45)38(34(28)43)19-6-4-8-21(16-19)40(48)49/h1-11,13-16,26-28,30-32,41H,12,17H2/t26-,27+,28+,30-,31-,32+/m0/s1. The van der Waals surface area contributed by atoms with Gasteiger partial charge in [-0.1, -0.05) is 54.1 Å². The number of nitrogens with zero attached hydrogens (tertiary/aromatic N) is 4. The third-order valence-electron chi connectivity index (χ3n) is 10.5. The van der Waals surface area contributed by atoms with Crippen LogP contribution < -0.4 is 9.80 Å². The molecule has 2 aliphatic heterocycles. The van der Waals surface area contributed by atoms with Crippen molar-refractivity contribution in [2.45, 2.75) is 18.8 Å². The molecule has 2 aliphatic carbocycles. The second kappa shape index (κ2) is 10.9. The number of imide groups is 2. The Balaban J connectivity index is 1.27. The molecule has 4 aromatic carbocycles. The van der Waals surface area contributed by atoms with E-state index < -0.39 is 69.0 Å². The molecule has 0 radical (unpaired) electrons. The number of aromatic hydroxyl groups is 1. The first-order valence-corrected chi connectivity index (χ1v) is 15.7. The number of hydrogen-bond acceptors (Lipinski definition) is 9. The van der Waals surface area contributed by atoms with E-state index in [2.05, 4.69) is 0 Å². The normalized spacial score (nSPS) is 26.0. The predicted molar refractivity (Wildman–Crippen MR) is 174 cm³/mol. The largest absolute Gasteiger partial charge is 0.507 e. The van der Waals surface area contributed by atoms with Gasteiger partial charge in [0.1, 0.15) is 5.75 Å². The van der Waals surface area contributed by atoms with Crippen molar-refractivity contribution in [3.05, 3.63) is 122 Å². The van der Waals surface area contributed by atoms with Crippen LogP contribution >= 0.6 is 0 Å². The first-order valence-electron chi connectivity index (χ1n) is 15.7. The van der Waals surface area contributed by atoms with Gasteiger partial charge in [-0.05, 0) is 47.9 Å². The Bertz CT molecular complexity index is 2210. The van der Waals surface area contributed by atoms with Crippen LogP contribution in [0.5, 0.6) is 5.75 Å². The fraction of sp³-hybridized carbons (Fsp3) is 0.222. The van der Waals surface area contributed by atoms with Crippen molar-refractivity contribution in [2.24, 2.45) is 29.6 Å². The lowest BCUT2D eigenvalue weighted by molar-refractivity contribution is -0.385. The van der Waals surface area contributed by atoms with Gasteiger partial charge in [-0.2, -0.15) is 0 Å². The van der Waals surface area contributed by atoms with Gasteiger partial charge < -0.3 is 5.11 Å². The molecule has 13 heteroatoms. The van der Waals surface area contributed by atoms with Gasteiger partial charge in [-0.3, -0.25) is 39.4 Å². The molecule has 0 unspecified atom stereocenters. The number of hydrogen-bond donors (Lipinski definition) is 1. The Morgan fingerprint density at radius 1 is 0.633 bits per heavy atom. The second-order valence-electron chi connectivity index (χ2n) is 12.8. The van der Waals surface area contributed by atoms with Gasteiger partial charge in [0.15, 0.2) is 0 Å². The van der Waals surface area contributed by atoms with E-state index in [0.29, 0.717) is 16.3 Å². The van der Waals surface area contributed by atoms with E-state index in [9.17, 15) is 44.5 Å². The molecular formula is C36H26N4O9. The Kier molecular flexibility index (Phi) is 6.70. The lowest BCUT2D eigenvalue weighted by Gasteiger charge is -2.44. The molecule has 49 heavy (non-hydrogen) atoms. The maximum absolute atomic E-state index is 14.4. The molecule has 13 nitrogen and oxygen atoms in total. The molecule has 2 heterocycles. The molecule has 0 bridgehead atoms. The number of nitro groups is 2. The van der Waals surface area contributed by atoms with E-state index in [1.54, 1.807) is 24.3 Å². The molecule has 0 spiro atoms. The number of non-ortho nitro benzene ring substituents is 2. The summed E-state index contributed by atoms with van der Waals surface area (Å²) >= 11 is 0. The van der Waals surface area contributed by atoms with Crippen LogP contribution in [-0.4, -0.2) is 38.6 Å². The van der Waals surface area contributed by atoms with Gasteiger partial charge in [0.05, 0.1) is 44.9 Å². The summed E-state index contributed by atoms with van der Waals surface area (Å²) in [5.41, 5.74) is 0.965. The van der Waals surface area contributed by atoms with Gasteiger partial charge >= 0.3 is 0 Å². The zero-order chi connectivity index (χ0) is 34.3. The molecule has 1 saturated carbocycles. The number of allylic oxidation sites excluding steroid dienone is 2. The van der Waals surface area contributed by atoms with Crippen molar-refractivity contribution in [1.82, 2.24) is 0 Å². The number of rotatable bonds is 5. The van der Waals surface area contributed by atoms with Crippen LogP contribution in [0.15, 0.2) is 96.6 Å². The number of anilines is 2. The maximum Gasteiger partial charge on any atom is 0.271 e. The van der Waals surface area contributed by atoms with Crippen molar-refractivity contribution >= 4 is 57.2 Å². The molecule has 0 aromatic heterocycles. The predicted octanol–water partition coefficient (Wildman–Crippen LogP) is 5.41. The van der Waals surface area contributed by atoms with Crippen molar-refractivity contribution in [2.75, 3.05) is 9.80 Å². The Hall–Kier alpha value is -6.24. The highest BCUT2D eigenvalue weighted by atomic mass is 16.6. The highest BCUT2D eigenvalue weighted by molar-refractivity contribution is 6.24. The fourth-order valence-electron chi connectivity index (χ4n) is 8.51. The van der Waals surface area contributed by atoms with Gasteiger partial charge in [0.2, 0.25) is 23.6 Å². The molecule has 3 fully saturated rings. The fourth-order valence-corrected chi connectivity index (χ4v) is 8.51. The molecule has 1 N–H and O–H groups in total. The Morgan fingerprint density at radius 2 is 1.20 bits per heavy atom. The number of fused-ring (bicyclic) bond motifs is 5. The lowest BCUT2D eigenvalue weighted by atomic mass is 9.57. The Morgan fingerprint density at radius 3 is 1.82 bits per heavy atom. The minimum atomic E-state index is -0.932. The van der Waals surface area contributed by atoms with Crippen LogP contribution in [0.3, 0.4) is 0 Å². The monoisotopic (exact) mass is 658 g/mol. The van der Waals surface area contributed by atoms with Crippen LogP contribution in [0, 0.1) is 49.8 Å². The van der Waals surface area contributed by atoms with Crippen LogP contribution in [0.1, 0.15) is 24.3 Å². The SMILES string of the molecule is O=C1[C@H]2[C@H](CC=C3[C@H]2C[C@H]2C(=O)N(c4cccc([N+](=O)[O-])c4)C(=O)[C@H]2[C@H]3c2ccc(O)c3ccccc23)C(=O)N1c1cccc([N+](=O)[O-])c1. The zero-order valence-corrected chi connectivity index (χ0v) is 25.5. The van der Waals surface area contributed by atoms with Crippen molar-refractivity contribution < 1.29 is 34.1 Å². The van der Waals surface area contributed by atoms with E-state index in [0.717, 1.165) is 15.4 Å². The summed E-state index contributed by atoms with van der Waals surface area (Å²) in [6, 6.07) is 21.0. The number of phenols is 1. The summed E-state index contributed by atoms with van der Waals surface area (Å²) in [6.07, 6.45) is 2.12. The van der Waals surface area contributed by atoms with Crippen LogP contribution in [-0.2, 0) is 19.2 Å². The van der Waals surface area contributed by atoms with Crippen LogP contribution in [0.2, 0.25) is 0 Å². The molecule has 8 rings (SSSR count). The number of carbonyl (C=O) groups is 4. The van der Waals surface area contributed by atoms with Crippen molar-refractivity contribution in [3.63, 3.8) is 0 Å². The lowest BCUT2D eigenvalue weighted by Crippen LogP contribution is -2.43. The summed E-state index contributed by atoms with van der Waals surface area (Å²) in [6.45, 7) is 0. The van der Waals surface area contributed by atoms with Gasteiger partial charge in [0, 0.05) is 35.6 Å². The second-order valence-corrected chi connectivity index (χ2v) is 12.8. The number of phenolic OH excluding ortho intramolecular Hbond substituents is 1. The number of benzene rings is 4. The molecule has 4 aromatic rings. The number of amides is 4. The average molecular weight is 659 g/mol. The van der Waals surface area contributed by atoms with E-state index in [-0.39, 0.29) is 41.3 Å². The molecule has 4 aliphatic rings. The third-order valence-corrected chi connectivity index (χ3v) is 10.5. The highest BCUT2D eigenvalue weighted by Gasteiger charge is 2.62. The summed E-state index contributed by atoms with van der Waals surface area (Å²) in [5, 5.41) is 35.0. The summed E-state index contributed by atoms with van der Waals surface area (Å²) in [4.78, 5) is 80.6. The van der Waals surface area contributed by atoms with Crippen LogP contribution in [0.4, 0.5) is 22.7 Å². The van der Waals surface area contributed by atoms with Crippen LogP contribution in [0.25, 0.3) is 10.8 Å². The van der Waals surface area contributed by atoms with Crippen molar-refractivity contribution in [3.8, 4) is 5.75 Å². The Labute approximate surface area is 277 Å². The first kappa shape index (κ1) is 30.1. The molecular weight excluding hydrogens is 632 g/mol. The summed E-state index contributed by atoms with van der Waals surface area (Å²) in [5.74, 6) is -7.01. The molecule has 6 atom stereocenters. The van der Waals surface area contributed by atoms with E-state index in [1.165, 1.54) is 54.6 Å². The summed E-state index contributed by atoms with van der Waals surface area (Å²) < 4.78 is 0. The molecule has 4 amide bonds. The van der Waals surface area contributed by atoms with Gasteiger partial charge in [-0.25, -0.2) is 9.80 Å². The van der Waals surface area contributed by atoms with E-state index in [1.807, 2.05) is 12.1 Å². The summed E-state index contributed by atoms with van der Waals surface area (Å²) in [7, 11) is 0. The minimum absolute atomic E-state index is 0.0251. The number of nitro benzene ring substituents is 2. The number of carbonyl (C=O) groups excluding carboxylic acids is 4. The highest BCUT2D eigenvalue weighted by Crippen LogP contribution is 2.59. The van der Waals surface area contributed by atoms with Gasteiger partial charge in [0.25, 0.3) is 11.4 Å². The quantitative estimate of drug-likeness (QED) is 0.127. The van der Waals surface area contributed by atoms with E-state index >= 15 is 0 Å². The van der Waals surface area contributed by atoms with E-state index in [4.69, 9.17) is 0 Å². The minimum Gasteiger partial charge on any atom is -0.507 e. The first-order chi connectivity index (χ1) is 23.6. The topological polar surface area (TPSA) is 181 Å². The maximum atomic E-state index is 14.4. The zero-order valence-electron chi connectivity index (χ0n) is 25.5. The molecule has 2 saturated heterocycles. The van der Waals surface area contributed by atoms with Crippen molar-refractivity contribution in [1.29, 1.82) is 0 Å². The molecule has 244 valence electrons. The smallest absolute Gasteiger partial charge is 0.271 e. The van der Waals surface area contributed by atoms with Gasteiger partial charge in [-0.15, -0.1) is 0 Å².